The van der Waals surface area contributed by atoms with E-state index in [9.17, 15) is 9.90 Å². The zero-order valence-corrected chi connectivity index (χ0v) is 18.6. The lowest BCUT2D eigenvalue weighted by molar-refractivity contribution is 0.100. The molecule has 6 heteroatoms. The second-order valence-electron chi connectivity index (χ2n) is 8.17. The highest BCUT2D eigenvalue weighted by atomic mass is 16.5. The minimum atomic E-state index is -0.663. The van der Waals surface area contributed by atoms with Crippen molar-refractivity contribution in [3.8, 4) is 5.75 Å². The number of aliphatic hydroxyl groups is 1. The Labute approximate surface area is 193 Å². The quantitative estimate of drug-likeness (QED) is 0.349. The summed E-state index contributed by atoms with van der Waals surface area (Å²) in [6.45, 7) is 1.02. The van der Waals surface area contributed by atoms with Crippen molar-refractivity contribution in [2.24, 2.45) is 5.73 Å². The molecule has 4 N–H and O–H groups in total. The summed E-state index contributed by atoms with van der Waals surface area (Å²) in [5.74, 6) is 0.339. The summed E-state index contributed by atoms with van der Waals surface area (Å²) in [6, 6.07) is 25.1. The summed E-state index contributed by atoms with van der Waals surface area (Å²) in [5, 5.41) is 15.6. The molecule has 2 atom stereocenters. The van der Waals surface area contributed by atoms with E-state index >= 15 is 0 Å². The monoisotopic (exact) mass is 443 g/mol. The molecule has 0 saturated heterocycles. The number of rotatable bonds is 10. The molecule has 33 heavy (non-hydrogen) atoms. The van der Waals surface area contributed by atoms with E-state index < -0.39 is 12.0 Å². The summed E-state index contributed by atoms with van der Waals surface area (Å²) in [6.07, 6.45) is 1.95. The van der Waals surface area contributed by atoms with Crippen molar-refractivity contribution in [3.63, 3.8) is 0 Å². The maximum atomic E-state index is 11.7. The first-order valence-corrected chi connectivity index (χ1v) is 11.0. The van der Waals surface area contributed by atoms with Crippen LogP contribution in [0.3, 0.4) is 0 Å². The molecule has 3 aromatic carbocycles. The molecule has 0 aliphatic heterocycles. The first-order chi connectivity index (χ1) is 16.0. The fourth-order valence-corrected chi connectivity index (χ4v) is 4.15. The van der Waals surface area contributed by atoms with E-state index in [0.717, 1.165) is 27.8 Å². The normalized spacial score (nSPS) is 13.0. The number of nitrogens with two attached hydrogens (primary N) is 1. The average Bonchev–Trinajstić information content (AvgIpc) is 3.26. The topological polar surface area (TPSA) is 89.5 Å². The second-order valence-corrected chi connectivity index (χ2v) is 8.17. The molecule has 0 spiro atoms. The van der Waals surface area contributed by atoms with Gasteiger partial charge in [-0.1, -0.05) is 48.5 Å². The van der Waals surface area contributed by atoms with Crippen LogP contribution in [-0.4, -0.2) is 35.3 Å². The molecular formula is C27H29N3O3. The van der Waals surface area contributed by atoms with Gasteiger partial charge in [0.25, 0.3) is 0 Å². The highest BCUT2D eigenvalue weighted by molar-refractivity contribution is 5.97. The predicted molar refractivity (Wildman–Crippen MR) is 130 cm³/mol. The van der Waals surface area contributed by atoms with Crippen molar-refractivity contribution in [3.05, 3.63) is 102 Å². The molecule has 1 heterocycles. The molecule has 0 unspecified atom stereocenters. The van der Waals surface area contributed by atoms with Gasteiger partial charge in [-0.15, -0.1) is 0 Å². The number of nitrogens with one attached hydrogen (secondary N) is 1. The molecule has 1 aromatic heterocycles. The van der Waals surface area contributed by atoms with Gasteiger partial charge < -0.3 is 25.5 Å². The molecular weight excluding hydrogens is 414 g/mol. The minimum absolute atomic E-state index is 0.231. The van der Waals surface area contributed by atoms with E-state index in [1.165, 1.54) is 0 Å². The number of aromatic nitrogens is 1. The third-order valence-corrected chi connectivity index (χ3v) is 5.91. The number of primary amides is 1. The SMILES string of the molecule is COc1cccc(CNC[C@@H](O)[C@H](Cc2ccccc2)n2ccc3ccc(C(N)=O)cc32)c1. The maximum Gasteiger partial charge on any atom is 0.248 e. The van der Waals surface area contributed by atoms with Crippen molar-refractivity contribution in [1.29, 1.82) is 0 Å². The van der Waals surface area contributed by atoms with E-state index in [-0.39, 0.29) is 6.04 Å². The van der Waals surface area contributed by atoms with Gasteiger partial charge in [-0.2, -0.15) is 0 Å². The molecule has 4 aromatic rings. The second kappa shape index (κ2) is 10.3. The Balaban J connectivity index is 1.57. The first-order valence-electron chi connectivity index (χ1n) is 11.0. The summed E-state index contributed by atoms with van der Waals surface area (Å²) in [4.78, 5) is 11.7. The highest BCUT2D eigenvalue weighted by Crippen LogP contribution is 2.26. The number of amides is 1. The van der Waals surface area contributed by atoms with Crippen LogP contribution >= 0.6 is 0 Å². The Kier molecular flexibility index (Phi) is 7.07. The Morgan fingerprint density at radius 1 is 1.03 bits per heavy atom. The van der Waals surface area contributed by atoms with Crippen molar-refractivity contribution in [2.45, 2.75) is 25.1 Å². The third kappa shape index (κ3) is 5.42. The number of fused-ring (bicyclic) bond motifs is 1. The summed E-state index contributed by atoms with van der Waals surface area (Å²) in [5.41, 5.74) is 9.04. The molecule has 170 valence electrons. The van der Waals surface area contributed by atoms with Gasteiger partial charge in [0, 0.05) is 30.4 Å². The Morgan fingerprint density at radius 2 is 1.82 bits per heavy atom. The van der Waals surface area contributed by atoms with Crippen LogP contribution in [-0.2, 0) is 13.0 Å². The molecule has 0 aliphatic carbocycles. The number of aliphatic hydroxyl groups excluding tert-OH is 1. The van der Waals surface area contributed by atoms with E-state index in [1.54, 1.807) is 19.2 Å². The van der Waals surface area contributed by atoms with Crippen LogP contribution in [0.15, 0.2) is 85.1 Å². The lowest BCUT2D eigenvalue weighted by atomic mass is 10.00. The van der Waals surface area contributed by atoms with Gasteiger partial charge in [0.05, 0.1) is 19.3 Å². The van der Waals surface area contributed by atoms with E-state index in [2.05, 4.69) is 17.4 Å². The van der Waals surface area contributed by atoms with Gasteiger partial charge in [-0.05, 0) is 53.3 Å². The van der Waals surface area contributed by atoms with Gasteiger partial charge in [-0.25, -0.2) is 0 Å². The minimum Gasteiger partial charge on any atom is -0.497 e. The van der Waals surface area contributed by atoms with Crippen LogP contribution in [0.1, 0.15) is 27.5 Å². The van der Waals surface area contributed by atoms with Gasteiger partial charge >= 0.3 is 0 Å². The number of benzene rings is 3. The molecule has 0 fully saturated rings. The number of hydrogen-bond donors (Lipinski definition) is 3. The van der Waals surface area contributed by atoms with Crippen molar-refractivity contribution < 1.29 is 14.6 Å². The number of carbonyl (C=O) groups excluding carboxylic acids is 1. The van der Waals surface area contributed by atoms with Gasteiger partial charge in [0.15, 0.2) is 0 Å². The van der Waals surface area contributed by atoms with Crippen LogP contribution in [0.25, 0.3) is 10.9 Å². The molecule has 0 aliphatic rings. The van der Waals surface area contributed by atoms with Gasteiger partial charge in [0.1, 0.15) is 5.75 Å². The Hall–Kier alpha value is -3.61. The summed E-state index contributed by atoms with van der Waals surface area (Å²) >= 11 is 0. The van der Waals surface area contributed by atoms with E-state index in [1.807, 2.05) is 65.4 Å². The smallest absolute Gasteiger partial charge is 0.248 e. The highest BCUT2D eigenvalue weighted by Gasteiger charge is 2.23. The number of carbonyl (C=O) groups is 1. The van der Waals surface area contributed by atoms with E-state index in [4.69, 9.17) is 10.5 Å². The van der Waals surface area contributed by atoms with Crippen LogP contribution < -0.4 is 15.8 Å². The average molecular weight is 444 g/mol. The molecule has 0 saturated carbocycles. The molecule has 0 radical (unpaired) electrons. The maximum absolute atomic E-state index is 11.7. The fourth-order valence-electron chi connectivity index (χ4n) is 4.15. The molecule has 6 nitrogen and oxygen atoms in total. The van der Waals surface area contributed by atoms with Crippen LogP contribution in [0, 0.1) is 0 Å². The largest absolute Gasteiger partial charge is 0.497 e. The third-order valence-electron chi connectivity index (χ3n) is 5.91. The lowest BCUT2D eigenvalue weighted by Gasteiger charge is -2.26. The lowest BCUT2D eigenvalue weighted by Crippen LogP contribution is -2.35. The van der Waals surface area contributed by atoms with Crippen LogP contribution in [0.5, 0.6) is 5.75 Å². The van der Waals surface area contributed by atoms with Gasteiger partial charge in [0.2, 0.25) is 5.91 Å². The zero-order valence-electron chi connectivity index (χ0n) is 18.6. The number of hydrogen-bond acceptors (Lipinski definition) is 4. The Bertz CT molecular complexity index is 1220. The first kappa shape index (κ1) is 22.6. The fraction of sp³-hybridized carbons (Fsp3) is 0.222. The molecule has 4 rings (SSSR count). The number of methoxy groups -OCH3 is 1. The van der Waals surface area contributed by atoms with Crippen molar-refractivity contribution in [2.75, 3.05) is 13.7 Å². The Morgan fingerprint density at radius 3 is 2.58 bits per heavy atom. The van der Waals surface area contributed by atoms with Crippen molar-refractivity contribution in [1.82, 2.24) is 9.88 Å². The number of ether oxygens (including phenoxy) is 1. The summed E-state index contributed by atoms with van der Waals surface area (Å²) < 4.78 is 7.34. The predicted octanol–water partition coefficient (Wildman–Crippen LogP) is 3.68. The van der Waals surface area contributed by atoms with Crippen LogP contribution in [0.2, 0.25) is 0 Å². The molecule has 1 amide bonds. The zero-order chi connectivity index (χ0) is 23.2. The van der Waals surface area contributed by atoms with Crippen LogP contribution in [0.4, 0.5) is 0 Å². The number of nitrogens with zero attached hydrogens (tertiary/aromatic N) is 1. The molecule has 0 bridgehead atoms. The summed E-state index contributed by atoms with van der Waals surface area (Å²) in [7, 11) is 1.65. The standard InChI is InChI=1S/C27H29N3O3/c1-33-23-9-5-8-20(14-23)17-29-18-26(31)25(15-19-6-3-2-4-7-19)30-13-12-21-10-11-22(27(28)32)16-24(21)30/h2-14,16,25-26,29,31H,15,17-18H2,1H3,(H2,28,32)/t25-,26+/m0/s1. The van der Waals surface area contributed by atoms with Crippen molar-refractivity contribution >= 4 is 16.8 Å². The van der Waals surface area contributed by atoms with E-state index in [0.29, 0.717) is 25.1 Å². The van der Waals surface area contributed by atoms with Gasteiger partial charge in [-0.3, -0.25) is 4.79 Å².